The second-order valence-electron chi connectivity index (χ2n) is 3.72. The Morgan fingerprint density at radius 2 is 2.15 bits per heavy atom. The first-order valence-electron chi connectivity index (χ1n) is 5.74. The van der Waals surface area contributed by atoms with Crippen LogP contribution < -0.4 is 4.74 Å². The number of carbonyl (C=O) groups excluding carboxylic acids is 1. The third kappa shape index (κ3) is 4.35. The highest BCUT2D eigenvalue weighted by atomic mass is 35.5. The predicted octanol–water partition coefficient (Wildman–Crippen LogP) is 3.00. The number of benzene rings is 1. The third-order valence-electron chi connectivity index (χ3n) is 2.41. The molecular formula is C13H12ClF2NO3. The molecule has 7 heteroatoms. The second-order valence-corrected chi connectivity index (χ2v) is 3.99. The number of hydrogen-bond donors (Lipinski definition) is 0. The Hall–Kier alpha value is -1.87. The third-order valence-corrected chi connectivity index (χ3v) is 2.69. The first-order chi connectivity index (χ1) is 9.51. The maximum atomic E-state index is 12.3. The van der Waals surface area contributed by atoms with E-state index in [0.29, 0.717) is 0 Å². The molecule has 1 aromatic carbocycles. The summed E-state index contributed by atoms with van der Waals surface area (Å²) < 4.78 is 33.7. The Bertz CT molecular complexity index is 529. The fraction of sp³-hybridized carbons (Fsp3) is 0.385. The molecule has 20 heavy (non-hydrogen) atoms. The molecule has 108 valence electrons. The van der Waals surface area contributed by atoms with Crippen molar-refractivity contribution < 1.29 is 23.0 Å². The van der Waals surface area contributed by atoms with Crippen molar-refractivity contribution in [2.75, 3.05) is 6.61 Å². The average molecular weight is 304 g/mol. The normalized spacial score (nSPS) is 10.2. The molecule has 0 fully saturated rings. The van der Waals surface area contributed by atoms with Gasteiger partial charge in [0.15, 0.2) is 0 Å². The lowest BCUT2D eigenvalue weighted by Gasteiger charge is -2.12. The quantitative estimate of drug-likeness (QED) is 0.599. The molecule has 0 unspecified atom stereocenters. The lowest BCUT2D eigenvalue weighted by molar-refractivity contribution is -0.142. The van der Waals surface area contributed by atoms with Crippen molar-refractivity contribution >= 4 is 17.6 Å². The molecular weight excluding hydrogens is 292 g/mol. The molecule has 0 atom stereocenters. The summed E-state index contributed by atoms with van der Waals surface area (Å²) in [5.41, 5.74) is 0.696. The van der Waals surface area contributed by atoms with E-state index in [4.69, 9.17) is 21.6 Å². The topological polar surface area (TPSA) is 59.3 Å². The SMILES string of the molecule is CCOC(=O)Cc1cc(OC(F)F)c(CCl)cc1C#N. The van der Waals surface area contributed by atoms with Crippen molar-refractivity contribution in [3.05, 3.63) is 28.8 Å². The van der Waals surface area contributed by atoms with E-state index in [0.717, 1.165) is 0 Å². The van der Waals surface area contributed by atoms with Gasteiger partial charge in [-0.3, -0.25) is 4.79 Å². The van der Waals surface area contributed by atoms with Crippen LogP contribution in [0.4, 0.5) is 8.78 Å². The van der Waals surface area contributed by atoms with Gasteiger partial charge in [0.1, 0.15) is 5.75 Å². The largest absolute Gasteiger partial charge is 0.466 e. The van der Waals surface area contributed by atoms with Gasteiger partial charge in [-0.05, 0) is 24.6 Å². The van der Waals surface area contributed by atoms with Crippen LogP contribution in [-0.2, 0) is 21.8 Å². The highest BCUT2D eigenvalue weighted by Gasteiger charge is 2.16. The van der Waals surface area contributed by atoms with Crippen LogP contribution in [0.1, 0.15) is 23.6 Å². The molecule has 0 aliphatic carbocycles. The van der Waals surface area contributed by atoms with E-state index in [1.807, 2.05) is 6.07 Å². The zero-order chi connectivity index (χ0) is 15.1. The van der Waals surface area contributed by atoms with E-state index < -0.39 is 12.6 Å². The molecule has 1 rings (SSSR count). The second kappa shape index (κ2) is 7.65. The molecule has 0 N–H and O–H groups in total. The van der Waals surface area contributed by atoms with Crippen LogP contribution in [0.3, 0.4) is 0 Å². The number of hydrogen-bond acceptors (Lipinski definition) is 4. The van der Waals surface area contributed by atoms with Crippen LogP contribution >= 0.6 is 11.6 Å². The molecule has 0 amide bonds. The lowest BCUT2D eigenvalue weighted by atomic mass is 10.0. The Morgan fingerprint density at radius 1 is 1.45 bits per heavy atom. The summed E-state index contributed by atoms with van der Waals surface area (Å²) in [6.07, 6.45) is -0.196. The van der Waals surface area contributed by atoms with Crippen LogP contribution in [0.25, 0.3) is 0 Å². The number of carbonyl (C=O) groups is 1. The van der Waals surface area contributed by atoms with E-state index in [1.165, 1.54) is 12.1 Å². The Kier molecular flexibility index (Phi) is 6.19. The summed E-state index contributed by atoms with van der Waals surface area (Å²) in [7, 11) is 0. The van der Waals surface area contributed by atoms with Crippen molar-refractivity contribution in [3.63, 3.8) is 0 Å². The van der Waals surface area contributed by atoms with Gasteiger partial charge in [-0.1, -0.05) is 0 Å². The van der Waals surface area contributed by atoms with E-state index in [-0.39, 0.29) is 41.3 Å². The number of nitriles is 1. The van der Waals surface area contributed by atoms with Crippen molar-refractivity contribution in [1.82, 2.24) is 0 Å². The summed E-state index contributed by atoms with van der Waals surface area (Å²) in [5, 5.41) is 9.02. The zero-order valence-corrected chi connectivity index (χ0v) is 11.4. The average Bonchev–Trinajstić information content (AvgIpc) is 2.38. The van der Waals surface area contributed by atoms with E-state index in [1.54, 1.807) is 6.92 Å². The molecule has 0 spiro atoms. The lowest BCUT2D eigenvalue weighted by Crippen LogP contribution is -2.10. The van der Waals surface area contributed by atoms with Gasteiger partial charge in [0.2, 0.25) is 0 Å². The highest BCUT2D eigenvalue weighted by Crippen LogP contribution is 2.27. The standard InChI is InChI=1S/C13H12ClF2NO3/c1-2-19-12(18)5-8-4-11(20-13(15)16)9(6-14)3-10(8)7-17/h3-4,13H,2,5-6H2,1H3. The van der Waals surface area contributed by atoms with Crippen molar-refractivity contribution in [2.45, 2.75) is 25.8 Å². The van der Waals surface area contributed by atoms with Gasteiger partial charge in [0, 0.05) is 5.56 Å². The zero-order valence-electron chi connectivity index (χ0n) is 10.7. The molecule has 1 aromatic rings. The van der Waals surface area contributed by atoms with Crippen LogP contribution in [-0.4, -0.2) is 19.2 Å². The molecule has 0 aromatic heterocycles. The number of halogens is 3. The first kappa shape index (κ1) is 16.2. The minimum Gasteiger partial charge on any atom is -0.466 e. The molecule has 4 nitrogen and oxygen atoms in total. The summed E-state index contributed by atoms with van der Waals surface area (Å²) >= 11 is 5.63. The van der Waals surface area contributed by atoms with Crippen LogP contribution in [0.5, 0.6) is 5.75 Å². The number of esters is 1. The Morgan fingerprint density at radius 3 is 2.65 bits per heavy atom. The fourth-order valence-corrected chi connectivity index (χ4v) is 1.80. The van der Waals surface area contributed by atoms with E-state index in [9.17, 15) is 13.6 Å². The highest BCUT2D eigenvalue weighted by molar-refractivity contribution is 6.17. The molecule has 0 saturated heterocycles. The minimum atomic E-state index is -3.01. The van der Waals surface area contributed by atoms with Crippen LogP contribution in [0.15, 0.2) is 12.1 Å². The summed E-state index contributed by atoms with van der Waals surface area (Å²) in [4.78, 5) is 11.4. The van der Waals surface area contributed by atoms with Gasteiger partial charge in [0.05, 0.1) is 30.5 Å². The molecule has 0 saturated carbocycles. The van der Waals surface area contributed by atoms with Crippen molar-refractivity contribution in [1.29, 1.82) is 5.26 Å². The van der Waals surface area contributed by atoms with Gasteiger partial charge in [-0.2, -0.15) is 14.0 Å². The molecule has 0 heterocycles. The number of nitrogens with zero attached hydrogens (tertiary/aromatic N) is 1. The van der Waals surface area contributed by atoms with Gasteiger partial charge in [-0.25, -0.2) is 0 Å². The van der Waals surface area contributed by atoms with Crippen molar-refractivity contribution in [2.24, 2.45) is 0 Å². The van der Waals surface area contributed by atoms with Gasteiger partial charge < -0.3 is 9.47 Å². The Balaban J connectivity index is 3.14. The maximum Gasteiger partial charge on any atom is 0.387 e. The number of rotatable bonds is 6. The monoisotopic (exact) mass is 303 g/mol. The van der Waals surface area contributed by atoms with E-state index >= 15 is 0 Å². The number of ether oxygens (including phenoxy) is 2. The first-order valence-corrected chi connectivity index (χ1v) is 6.27. The van der Waals surface area contributed by atoms with Gasteiger partial charge in [-0.15, -0.1) is 11.6 Å². The van der Waals surface area contributed by atoms with Crippen LogP contribution in [0, 0.1) is 11.3 Å². The molecule has 0 aliphatic rings. The van der Waals surface area contributed by atoms with Gasteiger partial charge in [0.25, 0.3) is 0 Å². The maximum absolute atomic E-state index is 12.3. The fourth-order valence-electron chi connectivity index (χ4n) is 1.59. The van der Waals surface area contributed by atoms with Crippen LogP contribution in [0.2, 0.25) is 0 Å². The number of alkyl halides is 3. The van der Waals surface area contributed by atoms with E-state index in [2.05, 4.69) is 4.74 Å². The van der Waals surface area contributed by atoms with Crippen molar-refractivity contribution in [3.8, 4) is 11.8 Å². The predicted molar refractivity (Wildman–Crippen MR) is 67.7 cm³/mol. The molecule has 0 radical (unpaired) electrons. The summed E-state index contributed by atoms with van der Waals surface area (Å²) in [6.45, 7) is -1.17. The van der Waals surface area contributed by atoms with Gasteiger partial charge >= 0.3 is 12.6 Å². The summed E-state index contributed by atoms with van der Waals surface area (Å²) in [5.74, 6) is -0.782. The minimum absolute atomic E-state index is 0.0869. The molecule has 0 bridgehead atoms. The molecule has 0 aliphatic heterocycles. The Labute approximate surface area is 119 Å². The smallest absolute Gasteiger partial charge is 0.387 e. The summed E-state index contributed by atoms with van der Waals surface area (Å²) in [6, 6.07) is 4.44.